The van der Waals surface area contributed by atoms with Gasteiger partial charge >= 0.3 is 0 Å². The van der Waals surface area contributed by atoms with Crippen molar-refractivity contribution in [3.8, 4) is 0 Å². The van der Waals surface area contributed by atoms with Gasteiger partial charge in [-0.3, -0.25) is 15.6 Å². The van der Waals surface area contributed by atoms with E-state index in [4.69, 9.17) is 10.3 Å². The van der Waals surface area contributed by atoms with Crippen LogP contribution in [-0.4, -0.2) is 21.0 Å². The van der Waals surface area contributed by atoms with Gasteiger partial charge in [0, 0.05) is 6.07 Å². The third-order valence-corrected chi connectivity index (χ3v) is 3.29. The Morgan fingerprint density at radius 3 is 2.68 bits per heavy atom. The summed E-state index contributed by atoms with van der Waals surface area (Å²) in [5.41, 5.74) is 12.4. The highest BCUT2D eigenvalue weighted by molar-refractivity contribution is 5.82. The minimum Gasteiger partial charge on any atom is -0.393 e. The van der Waals surface area contributed by atoms with E-state index in [1.807, 2.05) is 30.3 Å². The van der Waals surface area contributed by atoms with Gasteiger partial charge in [0.25, 0.3) is 0 Å². The number of nitrogens with zero attached hydrogens (tertiary/aromatic N) is 3. The summed E-state index contributed by atoms with van der Waals surface area (Å²) in [5.74, 6) is 1.54. The van der Waals surface area contributed by atoms with Crippen LogP contribution in [0.1, 0.15) is 11.3 Å². The number of hydrogen-bond donors (Lipinski definition) is 4. The maximum absolute atomic E-state index is 12.0. The summed E-state index contributed by atoms with van der Waals surface area (Å²) in [6, 6.07) is 11.1. The largest absolute Gasteiger partial charge is 0.393 e. The molecule has 0 aliphatic carbocycles. The smallest absolute Gasteiger partial charge is 0.242 e. The van der Waals surface area contributed by atoms with Gasteiger partial charge in [-0.1, -0.05) is 35.5 Å². The minimum absolute atomic E-state index is 0.217. The molecule has 2 heterocycles. The number of carbonyl (C=O) groups is 1. The molecule has 3 rings (SSSR count). The predicted octanol–water partition coefficient (Wildman–Crippen LogP) is 1.78. The second-order valence-corrected chi connectivity index (χ2v) is 5.27. The molecule has 0 saturated heterocycles. The van der Waals surface area contributed by atoms with Gasteiger partial charge in [0.05, 0.1) is 6.42 Å². The van der Waals surface area contributed by atoms with Gasteiger partial charge in [-0.25, -0.2) is 9.97 Å². The first-order valence-corrected chi connectivity index (χ1v) is 7.51. The van der Waals surface area contributed by atoms with Gasteiger partial charge in [-0.2, -0.15) is 0 Å². The molecule has 3 aromatic rings. The molecule has 25 heavy (non-hydrogen) atoms. The number of aromatic nitrogens is 3. The van der Waals surface area contributed by atoms with Crippen molar-refractivity contribution in [1.29, 1.82) is 0 Å². The monoisotopic (exact) mass is 339 g/mol. The summed E-state index contributed by atoms with van der Waals surface area (Å²) in [5, 5.41) is 6.74. The zero-order valence-corrected chi connectivity index (χ0v) is 13.5. The molecule has 0 radical (unpaired) electrons. The Balaban J connectivity index is 1.62. The summed E-state index contributed by atoms with van der Waals surface area (Å²) in [7, 11) is 0. The lowest BCUT2D eigenvalue weighted by molar-refractivity contribution is -0.119. The van der Waals surface area contributed by atoms with Crippen molar-refractivity contribution in [3.63, 3.8) is 0 Å². The van der Waals surface area contributed by atoms with E-state index in [9.17, 15) is 4.79 Å². The SMILES string of the molecule is Cc1cc(Nc2ncnc(NNC(=O)Cc3ccccc3)c2N)no1. The lowest BCUT2D eigenvalue weighted by atomic mass is 10.1. The summed E-state index contributed by atoms with van der Waals surface area (Å²) >= 11 is 0. The van der Waals surface area contributed by atoms with E-state index in [0.717, 1.165) is 5.56 Å². The number of amides is 1. The summed E-state index contributed by atoms with van der Waals surface area (Å²) < 4.78 is 4.97. The van der Waals surface area contributed by atoms with Crippen LogP contribution < -0.4 is 21.9 Å². The Bertz CT molecular complexity index is 864. The lowest BCUT2D eigenvalue weighted by Gasteiger charge is -2.12. The topological polar surface area (TPSA) is 131 Å². The number of hydrazine groups is 1. The third-order valence-electron chi connectivity index (χ3n) is 3.29. The maximum atomic E-state index is 12.0. The maximum Gasteiger partial charge on any atom is 0.242 e. The van der Waals surface area contributed by atoms with Gasteiger partial charge in [0.2, 0.25) is 5.91 Å². The molecule has 9 nitrogen and oxygen atoms in total. The second kappa shape index (κ2) is 7.30. The summed E-state index contributed by atoms with van der Waals surface area (Å²) in [6.45, 7) is 1.77. The summed E-state index contributed by atoms with van der Waals surface area (Å²) in [4.78, 5) is 20.1. The number of nitrogens with one attached hydrogen (secondary N) is 3. The van der Waals surface area contributed by atoms with Gasteiger partial charge in [-0.05, 0) is 12.5 Å². The molecule has 0 unspecified atom stereocenters. The van der Waals surface area contributed by atoms with Crippen molar-refractivity contribution in [2.24, 2.45) is 0 Å². The van der Waals surface area contributed by atoms with Gasteiger partial charge in [-0.15, -0.1) is 0 Å². The van der Waals surface area contributed by atoms with E-state index < -0.39 is 0 Å². The van der Waals surface area contributed by atoms with Crippen LogP contribution >= 0.6 is 0 Å². The fraction of sp³-hybridized carbons (Fsp3) is 0.125. The number of nitrogens with two attached hydrogens (primary N) is 1. The molecular formula is C16H17N7O2. The Labute approximate surface area is 143 Å². The number of hydrogen-bond acceptors (Lipinski definition) is 8. The zero-order chi connectivity index (χ0) is 17.6. The van der Waals surface area contributed by atoms with Crippen LogP contribution in [0.2, 0.25) is 0 Å². The van der Waals surface area contributed by atoms with E-state index in [1.54, 1.807) is 13.0 Å². The molecule has 2 aromatic heterocycles. The van der Waals surface area contributed by atoms with E-state index in [0.29, 0.717) is 17.4 Å². The molecule has 1 aromatic carbocycles. The number of carbonyl (C=O) groups excluding carboxylic acids is 1. The Morgan fingerprint density at radius 1 is 1.20 bits per heavy atom. The first kappa shape index (κ1) is 16.2. The molecule has 0 aliphatic heterocycles. The van der Waals surface area contributed by atoms with E-state index in [2.05, 4.69) is 31.3 Å². The third kappa shape index (κ3) is 4.22. The van der Waals surface area contributed by atoms with Crippen molar-refractivity contribution in [1.82, 2.24) is 20.6 Å². The Morgan fingerprint density at radius 2 is 1.96 bits per heavy atom. The number of anilines is 4. The molecule has 0 atom stereocenters. The standard InChI is InChI=1S/C16H17N7O2/c1-10-7-12(23-25-10)20-15-14(17)16(19-9-18-15)22-21-13(24)8-11-5-3-2-4-6-11/h2-7,9H,8,17H2,1H3,(H,21,24)(H2,18,19,20,22,23). The minimum atomic E-state index is -0.217. The quantitative estimate of drug-likeness (QED) is 0.500. The second-order valence-electron chi connectivity index (χ2n) is 5.27. The lowest BCUT2D eigenvalue weighted by Crippen LogP contribution is -2.31. The van der Waals surface area contributed by atoms with Crippen LogP contribution in [0.15, 0.2) is 47.2 Å². The zero-order valence-electron chi connectivity index (χ0n) is 13.5. The molecule has 5 N–H and O–H groups in total. The molecule has 9 heteroatoms. The van der Waals surface area contributed by atoms with Crippen LogP contribution in [0.5, 0.6) is 0 Å². The van der Waals surface area contributed by atoms with Gasteiger partial charge < -0.3 is 15.6 Å². The van der Waals surface area contributed by atoms with Gasteiger partial charge in [0.1, 0.15) is 17.8 Å². The Hall–Kier alpha value is -3.62. The molecule has 0 bridgehead atoms. The summed E-state index contributed by atoms with van der Waals surface area (Å²) in [6.07, 6.45) is 1.56. The Kier molecular flexibility index (Phi) is 4.74. The van der Waals surface area contributed by atoms with Crippen molar-refractivity contribution in [2.75, 3.05) is 16.5 Å². The van der Waals surface area contributed by atoms with Crippen LogP contribution in [0, 0.1) is 6.92 Å². The van der Waals surface area contributed by atoms with Crippen LogP contribution in [-0.2, 0) is 11.2 Å². The molecular weight excluding hydrogens is 322 g/mol. The molecule has 0 spiro atoms. The van der Waals surface area contributed by atoms with Crippen molar-refractivity contribution >= 4 is 29.0 Å². The van der Waals surface area contributed by atoms with Crippen LogP contribution in [0.3, 0.4) is 0 Å². The fourth-order valence-corrected chi connectivity index (χ4v) is 2.10. The van der Waals surface area contributed by atoms with Crippen LogP contribution in [0.25, 0.3) is 0 Å². The molecule has 0 saturated carbocycles. The van der Waals surface area contributed by atoms with E-state index in [-0.39, 0.29) is 23.8 Å². The first-order valence-electron chi connectivity index (χ1n) is 7.51. The number of benzene rings is 1. The molecule has 128 valence electrons. The van der Waals surface area contributed by atoms with E-state index >= 15 is 0 Å². The number of aryl methyl sites for hydroxylation is 1. The fourth-order valence-electron chi connectivity index (χ4n) is 2.10. The average Bonchev–Trinajstić information content (AvgIpc) is 3.01. The number of rotatable bonds is 6. The number of nitrogen functional groups attached to an aromatic ring is 1. The normalized spacial score (nSPS) is 10.3. The molecule has 0 aliphatic rings. The van der Waals surface area contributed by atoms with Crippen molar-refractivity contribution < 1.29 is 9.32 Å². The highest BCUT2D eigenvalue weighted by Crippen LogP contribution is 2.24. The average molecular weight is 339 g/mol. The highest BCUT2D eigenvalue weighted by Gasteiger charge is 2.11. The highest BCUT2D eigenvalue weighted by atomic mass is 16.5. The predicted molar refractivity (Wildman–Crippen MR) is 92.9 cm³/mol. The molecule has 1 amide bonds. The van der Waals surface area contributed by atoms with E-state index in [1.165, 1.54) is 6.33 Å². The van der Waals surface area contributed by atoms with Crippen molar-refractivity contribution in [2.45, 2.75) is 13.3 Å². The van der Waals surface area contributed by atoms with Crippen LogP contribution in [0.4, 0.5) is 23.1 Å². The van der Waals surface area contributed by atoms with Gasteiger partial charge in [0.15, 0.2) is 17.5 Å². The molecule has 0 fully saturated rings. The first-order chi connectivity index (χ1) is 12.1. The van der Waals surface area contributed by atoms with Crippen molar-refractivity contribution in [3.05, 3.63) is 54.0 Å².